The smallest absolute Gasteiger partial charge is 0.241 e. The summed E-state index contributed by atoms with van der Waals surface area (Å²) in [6, 6.07) is 4.72. The normalized spacial score (nSPS) is 11.4. The van der Waals surface area contributed by atoms with E-state index >= 15 is 0 Å². The van der Waals surface area contributed by atoms with Gasteiger partial charge in [0, 0.05) is 4.47 Å². The molecule has 0 radical (unpaired) electrons. The summed E-state index contributed by atoms with van der Waals surface area (Å²) in [7, 11) is -3.74. The summed E-state index contributed by atoms with van der Waals surface area (Å²) in [6.07, 6.45) is 0.806. The number of ether oxygens (including phenoxy) is 1. The van der Waals surface area contributed by atoms with Gasteiger partial charge in [-0.05, 0) is 24.6 Å². The van der Waals surface area contributed by atoms with Crippen molar-refractivity contribution in [3.8, 4) is 5.75 Å². The van der Waals surface area contributed by atoms with Crippen LogP contribution in [0.3, 0.4) is 0 Å². The van der Waals surface area contributed by atoms with Gasteiger partial charge < -0.3 is 4.74 Å². The molecule has 0 spiro atoms. The Morgan fingerprint density at radius 2 is 2.13 bits per heavy atom. The summed E-state index contributed by atoms with van der Waals surface area (Å²) < 4.78 is 28.4. The van der Waals surface area contributed by atoms with Crippen LogP contribution in [0.2, 0.25) is 0 Å². The average Bonchev–Trinajstić information content (AvgIpc) is 2.14. The molecular weight excluding hydrogens is 282 g/mol. The minimum atomic E-state index is -3.74. The number of primary sulfonamides is 1. The largest absolute Gasteiger partial charge is 0.492 e. The van der Waals surface area contributed by atoms with Gasteiger partial charge in [0.05, 0.1) is 6.61 Å². The predicted molar refractivity (Wildman–Crippen MR) is 61.3 cm³/mol. The monoisotopic (exact) mass is 293 g/mol. The molecule has 1 aromatic rings. The third-order valence-electron chi connectivity index (χ3n) is 1.67. The lowest BCUT2D eigenvalue weighted by Crippen LogP contribution is -2.14. The summed E-state index contributed by atoms with van der Waals surface area (Å²) in [5, 5.41) is 5.07. The maximum absolute atomic E-state index is 11.2. The number of rotatable bonds is 4. The highest BCUT2D eigenvalue weighted by atomic mass is 79.9. The molecule has 0 aliphatic carbocycles. The first kappa shape index (κ1) is 12.5. The highest BCUT2D eigenvalue weighted by Crippen LogP contribution is 2.26. The predicted octanol–water partition coefficient (Wildman–Crippen LogP) is 1.89. The molecule has 2 N–H and O–H groups in total. The minimum Gasteiger partial charge on any atom is -0.492 e. The van der Waals surface area contributed by atoms with Gasteiger partial charge in [-0.3, -0.25) is 0 Å². The zero-order valence-electron chi connectivity index (χ0n) is 8.23. The molecule has 0 saturated carbocycles. The van der Waals surface area contributed by atoms with E-state index < -0.39 is 10.0 Å². The fourth-order valence-electron chi connectivity index (χ4n) is 1.04. The molecule has 15 heavy (non-hydrogen) atoms. The Hall–Kier alpha value is -0.590. The van der Waals surface area contributed by atoms with Crippen LogP contribution in [0.5, 0.6) is 5.75 Å². The zero-order chi connectivity index (χ0) is 11.5. The van der Waals surface area contributed by atoms with Crippen LogP contribution in [0.15, 0.2) is 27.6 Å². The third kappa shape index (κ3) is 3.48. The summed E-state index contributed by atoms with van der Waals surface area (Å²) in [6.45, 7) is 2.40. The summed E-state index contributed by atoms with van der Waals surface area (Å²) in [5.74, 6) is 0.294. The van der Waals surface area contributed by atoms with Gasteiger partial charge in [-0.1, -0.05) is 22.9 Å². The molecule has 0 aromatic heterocycles. The second kappa shape index (κ2) is 4.96. The molecule has 1 aromatic carbocycles. The van der Waals surface area contributed by atoms with Gasteiger partial charge in [0.1, 0.15) is 10.6 Å². The van der Waals surface area contributed by atoms with E-state index in [2.05, 4.69) is 15.9 Å². The topological polar surface area (TPSA) is 69.4 Å². The summed E-state index contributed by atoms with van der Waals surface area (Å²) >= 11 is 3.18. The van der Waals surface area contributed by atoms with E-state index in [1.807, 2.05) is 6.92 Å². The Labute approximate surface area is 97.6 Å². The van der Waals surface area contributed by atoms with Crippen molar-refractivity contribution < 1.29 is 13.2 Å². The fraction of sp³-hybridized carbons (Fsp3) is 0.333. The van der Waals surface area contributed by atoms with E-state index in [9.17, 15) is 8.42 Å². The molecule has 0 aliphatic heterocycles. The van der Waals surface area contributed by atoms with E-state index in [-0.39, 0.29) is 4.90 Å². The maximum Gasteiger partial charge on any atom is 0.241 e. The van der Waals surface area contributed by atoms with Crippen LogP contribution < -0.4 is 9.88 Å². The number of benzene rings is 1. The van der Waals surface area contributed by atoms with E-state index in [1.54, 1.807) is 12.1 Å². The Kier molecular flexibility index (Phi) is 4.12. The molecular formula is C9H12BrNO3S. The Balaban J connectivity index is 3.15. The van der Waals surface area contributed by atoms with Crippen molar-refractivity contribution in [1.29, 1.82) is 0 Å². The Bertz CT molecular complexity index is 445. The van der Waals surface area contributed by atoms with Gasteiger partial charge in [0.2, 0.25) is 10.0 Å². The number of halogens is 1. The van der Waals surface area contributed by atoms with Crippen LogP contribution >= 0.6 is 15.9 Å². The first-order valence-corrected chi connectivity index (χ1v) is 6.74. The molecule has 0 amide bonds. The molecule has 0 heterocycles. The van der Waals surface area contributed by atoms with Gasteiger partial charge in [-0.25, -0.2) is 13.6 Å². The van der Waals surface area contributed by atoms with Crippen LogP contribution in [-0.2, 0) is 10.0 Å². The lowest BCUT2D eigenvalue weighted by Gasteiger charge is -2.09. The molecule has 0 fully saturated rings. The van der Waals surface area contributed by atoms with Crippen molar-refractivity contribution in [3.05, 3.63) is 22.7 Å². The molecule has 6 heteroatoms. The second-order valence-electron chi connectivity index (χ2n) is 2.98. The molecule has 0 saturated heterocycles. The standard InChI is InChI=1S/C9H12BrNO3S/c1-2-5-14-8-4-3-7(10)6-9(8)15(11,12)13/h3-4,6H,2,5H2,1H3,(H2,11,12,13). The SMILES string of the molecule is CCCOc1ccc(Br)cc1S(N)(=O)=O. The highest BCUT2D eigenvalue weighted by Gasteiger charge is 2.15. The van der Waals surface area contributed by atoms with Crippen molar-refractivity contribution in [1.82, 2.24) is 0 Å². The Morgan fingerprint density at radius 3 is 2.67 bits per heavy atom. The fourth-order valence-corrected chi connectivity index (χ4v) is 2.25. The van der Waals surface area contributed by atoms with Crippen molar-refractivity contribution in [2.75, 3.05) is 6.61 Å². The highest BCUT2D eigenvalue weighted by molar-refractivity contribution is 9.10. The molecule has 4 nitrogen and oxygen atoms in total. The van der Waals surface area contributed by atoms with Crippen molar-refractivity contribution in [2.45, 2.75) is 18.2 Å². The number of hydrogen-bond acceptors (Lipinski definition) is 3. The number of sulfonamides is 1. The van der Waals surface area contributed by atoms with Gasteiger partial charge in [0.15, 0.2) is 0 Å². The minimum absolute atomic E-state index is 0.00493. The maximum atomic E-state index is 11.2. The molecule has 1 rings (SSSR count). The van der Waals surface area contributed by atoms with Gasteiger partial charge >= 0.3 is 0 Å². The van der Waals surface area contributed by atoms with E-state index in [0.29, 0.717) is 16.8 Å². The molecule has 0 unspecified atom stereocenters. The van der Waals surface area contributed by atoms with Gasteiger partial charge in [-0.2, -0.15) is 0 Å². The van der Waals surface area contributed by atoms with Crippen molar-refractivity contribution in [2.24, 2.45) is 5.14 Å². The van der Waals surface area contributed by atoms with Crippen LogP contribution in [0.1, 0.15) is 13.3 Å². The summed E-state index contributed by atoms with van der Waals surface area (Å²) in [5.41, 5.74) is 0. The Morgan fingerprint density at radius 1 is 1.47 bits per heavy atom. The lowest BCUT2D eigenvalue weighted by molar-refractivity contribution is 0.309. The van der Waals surface area contributed by atoms with Crippen LogP contribution in [0.4, 0.5) is 0 Å². The van der Waals surface area contributed by atoms with Crippen LogP contribution in [-0.4, -0.2) is 15.0 Å². The lowest BCUT2D eigenvalue weighted by atomic mass is 10.3. The summed E-state index contributed by atoms with van der Waals surface area (Å²) in [4.78, 5) is 0.00493. The third-order valence-corrected chi connectivity index (χ3v) is 3.10. The van der Waals surface area contributed by atoms with E-state index in [4.69, 9.17) is 9.88 Å². The zero-order valence-corrected chi connectivity index (χ0v) is 10.6. The van der Waals surface area contributed by atoms with E-state index in [1.165, 1.54) is 6.07 Å². The van der Waals surface area contributed by atoms with Gasteiger partial charge in [-0.15, -0.1) is 0 Å². The number of nitrogens with two attached hydrogens (primary N) is 1. The van der Waals surface area contributed by atoms with Crippen molar-refractivity contribution >= 4 is 26.0 Å². The van der Waals surface area contributed by atoms with Crippen LogP contribution in [0.25, 0.3) is 0 Å². The van der Waals surface area contributed by atoms with Gasteiger partial charge in [0.25, 0.3) is 0 Å². The molecule has 0 bridgehead atoms. The molecule has 84 valence electrons. The average molecular weight is 294 g/mol. The first-order chi connectivity index (χ1) is 6.95. The first-order valence-electron chi connectivity index (χ1n) is 4.40. The van der Waals surface area contributed by atoms with E-state index in [0.717, 1.165) is 6.42 Å². The number of hydrogen-bond donors (Lipinski definition) is 1. The van der Waals surface area contributed by atoms with Crippen LogP contribution in [0, 0.1) is 0 Å². The molecule has 0 atom stereocenters. The molecule has 0 aliphatic rings. The van der Waals surface area contributed by atoms with Crippen molar-refractivity contribution in [3.63, 3.8) is 0 Å². The second-order valence-corrected chi connectivity index (χ2v) is 5.43. The quantitative estimate of drug-likeness (QED) is 0.922.